The second kappa shape index (κ2) is 11.4. The van der Waals surface area contributed by atoms with Crippen LogP contribution in [0.25, 0.3) is 0 Å². The van der Waals surface area contributed by atoms with Gasteiger partial charge in [0.2, 0.25) is 5.91 Å². The van der Waals surface area contributed by atoms with E-state index in [2.05, 4.69) is 25.5 Å². The van der Waals surface area contributed by atoms with Gasteiger partial charge in [-0.05, 0) is 19.3 Å². The maximum absolute atomic E-state index is 12.3. The van der Waals surface area contributed by atoms with E-state index >= 15 is 0 Å². The maximum atomic E-state index is 12.3. The zero-order valence-electron chi connectivity index (χ0n) is 17.6. The van der Waals surface area contributed by atoms with Gasteiger partial charge in [-0.25, -0.2) is 14.8 Å². The van der Waals surface area contributed by atoms with Crippen LogP contribution in [0.5, 0.6) is 0 Å². The molecule has 29 heavy (non-hydrogen) atoms. The van der Waals surface area contributed by atoms with Gasteiger partial charge in [0, 0.05) is 44.8 Å². The Labute approximate surface area is 182 Å². The van der Waals surface area contributed by atoms with Crippen molar-refractivity contribution in [3.05, 3.63) is 11.2 Å². The Morgan fingerprint density at radius 3 is 2.72 bits per heavy atom. The summed E-state index contributed by atoms with van der Waals surface area (Å²) in [6.45, 7) is 11.4. The first-order valence-corrected chi connectivity index (χ1v) is 11.4. The monoisotopic (exact) mass is 442 g/mol. The Morgan fingerprint density at radius 1 is 1.31 bits per heavy atom. The van der Waals surface area contributed by atoms with Crippen molar-refractivity contribution in [3.63, 3.8) is 0 Å². The third-order valence-electron chi connectivity index (χ3n) is 4.44. The first-order valence-electron chi connectivity index (χ1n) is 10.0. The van der Waals surface area contributed by atoms with E-state index in [1.807, 2.05) is 32.6 Å². The van der Waals surface area contributed by atoms with Crippen molar-refractivity contribution in [2.45, 2.75) is 45.3 Å². The zero-order chi connectivity index (χ0) is 21.4. The number of hydrogen-bond acceptors (Lipinski definition) is 6. The molecule has 1 aliphatic heterocycles. The molecule has 0 saturated carbocycles. The fourth-order valence-electron chi connectivity index (χ4n) is 2.91. The van der Waals surface area contributed by atoms with Gasteiger partial charge in [0.25, 0.3) is 0 Å². The van der Waals surface area contributed by atoms with Gasteiger partial charge in [0.05, 0.1) is 5.75 Å². The number of nitrogens with one attached hydrogen (secondary N) is 2. The number of halogens is 1. The van der Waals surface area contributed by atoms with Crippen molar-refractivity contribution < 1.29 is 9.59 Å². The van der Waals surface area contributed by atoms with Crippen molar-refractivity contribution in [1.82, 2.24) is 25.5 Å². The van der Waals surface area contributed by atoms with Crippen LogP contribution in [0.4, 0.5) is 10.6 Å². The van der Waals surface area contributed by atoms with Crippen molar-refractivity contribution >= 4 is 41.1 Å². The quantitative estimate of drug-likeness (QED) is 0.365. The summed E-state index contributed by atoms with van der Waals surface area (Å²) in [7, 11) is 0. The lowest BCUT2D eigenvalue weighted by molar-refractivity contribution is -0.118. The summed E-state index contributed by atoms with van der Waals surface area (Å²) in [6.07, 6.45) is 0.912. The van der Waals surface area contributed by atoms with E-state index in [0.717, 1.165) is 12.2 Å². The molecule has 2 heterocycles. The van der Waals surface area contributed by atoms with Gasteiger partial charge in [0.1, 0.15) is 11.0 Å². The molecule has 2 N–H and O–H groups in total. The van der Waals surface area contributed by atoms with Crippen molar-refractivity contribution in [3.8, 4) is 0 Å². The highest BCUT2D eigenvalue weighted by molar-refractivity contribution is 7.99. The van der Waals surface area contributed by atoms with Crippen LogP contribution in [0.15, 0.2) is 11.2 Å². The maximum Gasteiger partial charge on any atom is 0.317 e. The lowest BCUT2D eigenvalue weighted by atomic mass is 10.2. The molecule has 1 aromatic heterocycles. The second-order valence-electron chi connectivity index (χ2n) is 7.54. The van der Waals surface area contributed by atoms with E-state index in [9.17, 15) is 9.59 Å². The van der Waals surface area contributed by atoms with E-state index < -0.39 is 0 Å². The number of hydrogen-bond donors (Lipinski definition) is 2. The van der Waals surface area contributed by atoms with Gasteiger partial charge < -0.3 is 20.4 Å². The minimum atomic E-state index is -0.0471. The number of rotatable bonds is 8. The largest absolute Gasteiger partial charge is 0.355 e. The Hall–Kier alpha value is -1.74. The lowest BCUT2D eigenvalue weighted by Gasteiger charge is -2.40. The highest BCUT2D eigenvalue weighted by atomic mass is 35.5. The zero-order valence-corrected chi connectivity index (χ0v) is 19.1. The molecule has 10 heteroatoms. The number of anilines is 1. The normalized spacial score (nSPS) is 16.8. The molecular weight excluding hydrogens is 412 g/mol. The summed E-state index contributed by atoms with van der Waals surface area (Å²) in [5.41, 5.74) is 0. The molecule has 1 unspecified atom stereocenters. The predicted molar refractivity (Wildman–Crippen MR) is 118 cm³/mol. The van der Waals surface area contributed by atoms with Crippen LogP contribution < -0.4 is 15.5 Å². The van der Waals surface area contributed by atoms with Gasteiger partial charge in [-0.2, -0.15) is 0 Å². The molecule has 1 aromatic rings. The predicted octanol–water partition coefficient (Wildman–Crippen LogP) is 2.62. The lowest BCUT2D eigenvalue weighted by Crippen LogP contribution is -2.56. The first kappa shape index (κ1) is 23.5. The van der Waals surface area contributed by atoms with Gasteiger partial charge in [0.15, 0.2) is 5.16 Å². The van der Waals surface area contributed by atoms with Crippen LogP contribution >= 0.6 is 23.4 Å². The van der Waals surface area contributed by atoms with Crippen LogP contribution in [0.2, 0.25) is 5.15 Å². The molecule has 1 atom stereocenters. The highest BCUT2D eigenvalue weighted by Crippen LogP contribution is 2.24. The van der Waals surface area contributed by atoms with Crippen molar-refractivity contribution in [1.29, 1.82) is 0 Å². The molecule has 0 bridgehead atoms. The average molecular weight is 443 g/mol. The number of nitrogens with zero attached hydrogens (tertiary/aromatic N) is 4. The number of aromatic nitrogens is 2. The minimum absolute atomic E-state index is 0.0247. The molecule has 0 radical (unpaired) electrons. The Bertz CT molecular complexity index is 705. The Morgan fingerprint density at radius 2 is 2.07 bits per heavy atom. The van der Waals surface area contributed by atoms with Gasteiger partial charge in [-0.15, -0.1) is 0 Å². The number of thioether (sulfide) groups is 1. The van der Waals surface area contributed by atoms with Gasteiger partial charge >= 0.3 is 6.03 Å². The second-order valence-corrected chi connectivity index (χ2v) is 8.87. The third kappa shape index (κ3) is 7.54. The van der Waals surface area contributed by atoms with Gasteiger partial charge in [-0.3, -0.25) is 4.79 Å². The van der Waals surface area contributed by atoms with Crippen LogP contribution in [0.1, 0.15) is 34.1 Å². The van der Waals surface area contributed by atoms with Crippen LogP contribution in [-0.4, -0.2) is 71.3 Å². The summed E-state index contributed by atoms with van der Waals surface area (Å²) in [4.78, 5) is 37.0. The first-order chi connectivity index (χ1) is 13.8. The molecule has 1 saturated heterocycles. The highest BCUT2D eigenvalue weighted by Gasteiger charge is 2.28. The molecule has 0 spiro atoms. The summed E-state index contributed by atoms with van der Waals surface area (Å²) in [6, 6.07) is 1.75. The van der Waals surface area contributed by atoms with E-state index in [0.29, 0.717) is 49.0 Å². The van der Waals surface area contributed by atoms with Crippen LogP contribution in [-0.2, 0) is 4.79 Å². The van der Waals surface area contributed by atoms with E-state index in [-0.39, 0.29) is 23.7 Å². The molecule has 8 nitrogen and oxygen atoms in total. The smallest absolute Gasteiger partial charge is 0.317 e. The summed E-state index contributed by atoms with van der Waals surface area (Å²) >= 11 is 7.46. The molecular formula is C19H31ClN6O2S. The summed E-state index contributed by atoms with van der Waals surface area (Å²) < 4.78 is 0. The van der Waals surface area contributed by atoms with Crippen LogP contribution in [0, 0.1) is 5.92 Å². The Balaban J connectivity index is 1.96. The SMILES string of the molecule is CCCNC(=O)N1CCN(c2cc(Cl)nc(SCC(=O)NCC(C)C)n2)CC1C. The molecule has 0 aliphatic carbocycles. The molecule has 162 valence electrons. The topological polar surface area (TPSA) is 90.5 Å². The van der Waals surface area contributed by atoms with E-state index in [1.165, 1.54) is 11.8 Å². The molecule has 1 fully saturated rings. The number of carbonyl (C=O) groups excluding carboxylic acids is 2. The molecule has 3 amide bonds. The van der Waals surface area contributed by atoms with Gasteiger partial charge in [-0.1, -0.05) is 44.1 Å². The number of carbonyl (C=O) groups is 2. The van der Waals surface area contributed by atoms with E-state index in [4.69, 9.17) is 11.6 Å². The fourth-order valence-corrected chi connectivity index (χ4v) is 3.82. The van der Waals surface area contributed by atoms with E-state index in [1.54, 1.807) is 6.07 Å². The number of amides is 3. The number of piperazine rings is 1. The summed E-state index contributed by atoms with van der Waals surface area (Å²) in [5, 5.41) is 6.63. The van der Waals surface area contributed by atoms with Crippen molar-refractivity contribution in [2.75, 3.05) is 43.4 Å². The standard InChI is InChI=1S/C19H31ClN6O2S/c1-5-6-21-19(28)26-8-7-25(11-14(26)4)16-9-15(20)23-18(24-16)29-12-17(27)22-10-13(2)3/h9,13-14H,5-8,10-12H2,1-4H3,(H,21,28)(H,22,27). The molecule has 2 rings (SSSR count). The fraction of sp³-hybridized carbons (Fsp3) is 0.684. The average Bonchev–Trinajstić information content (AvgIpc) is 2.68. The summed E-state index contributed by atoms with van der Waals surface area (Å²) in [5.74, 6) is 1.32. The minimum Gasteiger partial charge on any atom is -0.355 e. The molecule has 1 aliphatic rings. The Kier molecular flexibility index (Phi) is 9.29. The third-order valence-corrected chi connectivity index (χ3v) is 5.48. The number of urea groups is 1. The molecule has 0 aromatic carbocycles. The van der Waals surface area contributed by atoms with Crippen LogP contribution in [0.3, 0.4) is 0 Å². The van der Waals surface area contributed by atoms with Crippen molar-refractivity contribution in [2.24, 2.45) is 5.92 Å².